The zero-order valence-electron chi connectivity index (χ0n) is 9.80. The highest BCUT2D eigenvalue weighted by atomic mass is 16.7. The molecule has 1 aromatic rings. The third-order valence-electron chi connectivity index (χ3n) is 2.49. The lowest BCUT2D eigenvalue weighted by Crippen LogP contribution is -2.12. The predicted octanol–water partition coefficient (Wildman–Crippen LogP) is 1.39. The van der Waals surface area contributed by atoms with Crippen LogP contribution in [0.2, 0.25) is 0 Å². The molecule has 0 unspecified atom stereocenters. The Morgan fingerprint density at radius 2 is 2.00 bits per heavy atom. The van der Waals surface area contributed by atoms with Gasteiger partial charge in [0.1, 0.15) is 0 Å². The van der Waals surface area contributed by atoms with Gasteiger partial charge in [0, 0.05) is 18.2 Å². The van der Waals surface area contributed by atoms with Crippen LogP contribution >= 0.6 is 0 Å². The van der Waals surface area contributed by atoms with Gasteiger partial charge < -0.3 is 19.9 Å². The van der Waals surface area contributed by atoms with Gasteiger partial charge in [0.2, 0.25) is 5.91 Å². The number of benzene rings is 1. The number of carboxylic acids is 1. The van der Waals surface area contributed by atoms with E-state index in [0.29, 0.717) is 24.5 Å². The van der Waals surface area contributed by atoms with Crippen LogP contribution in [0.25, 0.3) is 0 Å². The molecule has 0 radical (unpaired) electrons. The van der Waals surface area contributed by atoms with Gasteiger partial charge in [0.05, 0.1) is 18.8 Å². The summed E-state index contributed by atoms with van der Waals surface area (Å²) in [6.45, 7) is 2.31. The van der Waals surface area contributed by atoms with Gasteiger partial charge in [-0.2, -0.15) is 0 Å². The first-order valence-electron chi connectivity index (χ1n) is 5.46. The number of ether oxygens (including phenoxy) is 2. The highest BCUT2D eigenvalue weighted by Gasteiger charge is 2.22. The van der Waals surface area contributed by atoms with Crippen molar-refractivity contribution in [3.05, 3.63) is 29.3 Å². The van der Waals surface area contributed by atoms with E-state index in [1.165, 1.54) is 19.1 Å². The quantitative estimate of drug-likeness (QED) is 0.847. The molecule has 1 saturated heterocycles. The lowest BCUT2D eigenvalue weighted by atomic mass is 10.1. The molecule has 1 amide bonds. The molecular formula is C12H13NO5. The van der Waals surface area contributed by atoms with Crippen LogP contribution < -0.4 is 5.32 Å². The average Bonchev–Trinajstić information content (AvgIpc) is 2.81. The Balaban J connectivity index is 2.37. The maximum atomic E-state index is 11.1. The van der Waals surface area contributed by atoms with E-state index in [0.717, 1.165) is 0 Å². The molecule has 1 aliphatic heterocycles. The molecule has 2 rings (SSSR count). The lowest BCUT2D eigenvalue weighted by molar-refractivity contribution is -0.114. The molecule has 1 aliphatic rings. The molecule has 0 bridgehead atoms. The highest BCUT2D eigenvalue weighted by Crippen LogP contribution is 2.30. The maximum Gasteiger partial charge on any atom is 0.335 e. The van der Waals surface area contributed by atoms with Gasteiger partial charge in [-0.15, -0.1) is 0 Å². The van der Waals surface area contributed by atoms with Gasteiger partial charge in [-0.05, 0) is 12.1 Å². The van der Waals surface area contributed by atoms with Crippen LogP contribution in [0.15, 0.2) is 18.2 Å². The standard InChI is InChI=1S/C12H13NO5/c1-7(14)13-10-6-8(11(15)16)2-3-9(10)12-17-4-5-18-12/h2-3,6,12H,4-5H2,1H3,(H,13,14)(H,15,16). The summed E-state index contributed by atoms with van der Waals surface area (Å²) in [5.41, 5.74) is 1.11. The van der Waals surface area contributed by atoms with Gasteiger partial charge in [-0.25, -0.2) is 4.79 Å². The fourth-order valence-electron chi connectivity index (χ4n) is 1.73. The number of nitrogens with one attached hydrogen (secondary N) is 1. The molecule has 1 aromatic carbocycles. The van der Waals surface area contributed by atoms with Crippen LogP contribution in [-0.2, 0) is 14.3 Å². The molecule has 18 heavy (non-hydrogen) atoms. The van der Waals surface area contributed by atoms with Crippen LogP contribution in [-0.4, -0.2) is 30.2 Å². The Bertz CT molecular complexity index is 479. The summed E-state index contributed by atoms with van der Waals surface area (Å²) in [5, 5.41) is 11.5. The summed E-state index contributed by atoms with van der Waals surface area (Å²) < 4.78 is 10.7. The number of aromatic carboxylic acids is 1. The van der Waals surface area contributed by atoms with E-state index in [9.17, 15) is 9.59 Å². The minimum atomic E-state index is -1.05. The van der Waals surface area contributed by atoms with E-state index in [1.54, 1.807) is 6.07 Å². The highest BCUT2D eigenvalue weighted by molar-refractivity contribution is 5.93. The number of carbonyl (C=O) groups excluding carboxylic acids is 1. The molecule has 96 valence electrons. The molecule has 6 nitrogen and oxygen atoms in total. The molecule has 0 spiro atoms. The number of rotatable bonds is 3. The predicted molar refractivity (Wildman–Crippen MR) is 62.4 cm³/mol. The Labute approximate surface area is 104 Å². The number of anilines is 1. The second-order valence-corrected chi connectivity index (χ2v) is 3.86. The molecule has 1 fully saturated rings. The van der Waals surface area contributed by atoms with Crippen molar-refractivity contribution in [1.29, 1.82) is 0 Å². The summed E-state index contributed by atoms with van der Waals surface area (Å²) >= 11 is 0. The van der Waals surface area contributed by atoms with Crippen molar-refractivity contribution in [2.24, 2.45) is 0 Å². The monoisotopic (exact) mass is 251 g/mol. The summed E-state index contributed by atoms with van der Waals surface area (Å²) in [4.78, 5) is 22.0. The van der Waals surface area contributed by atoms with Crippen LogP contribution in [0.3, 0.4) is 0 Å². The SMILES string of the molecule is CC(=O)Nc1cc(C(=O)O)ccc1C1OCCO1. The topological polar surface area (TPSA) is 84.9 Å². The summed E-state index contributed by atoms with van der Waals surface area (Å²) in [6.07, 6.45) is -0.560. The molecule has 1 heterocycles. The first kappa shape index (κ1) is 12.5. The van der Waals surface area contributed by atoms with E-state index in [2.05, 4.69) is 5.32 Å². The molecule has 6 heteroatoms. The van der Waals surface area contributed by atoms with E-state index < -0.39 is 12.3 Å². The molecular weight excluding hydrogens is 238 g/mol. The van der Waals surface area contributed by atoms with Gasteiger partial charge in [-0.1, -0.05) is 6.07 Å². The molecule has 0 atom stereocenters. The third-order valence-corrected chi connectivity index (χ3v) is 2.49. The van der Waals surface area contributed by atoms with Crippen molar-refractivity contribution in [1.82, 2.24) is 0 Å². The summed E-state index contributed by atoms with van der Waals surface area (Å²) in [5.74, 6) is -1.34. The van der Waals surface area contributed by atoms with Crippen LogP contribution in [0.1, 0.15) is 29.1 Å². The molecule has 0 aromatic heterocycles. The lowest BCUT2D eigenvalue weighted by Gasteiger charge is -2.15. The zero-order chi connectivity index (χ0) is 13.1. The second kappa shape index (κ2) is 5.16. The van der Waals surface area contributed by atoms with Crippen molar-refractivity contribution in [2.45, 2.75) is 13.2 Å². The number of hydrogen-bond acceptors (Lipinski definition) is 4. The van der Waals surface area contributed by atoms with Crippen LogP contribution in [0.4, 0.5) is 5.69 Å². The molecule has 0 saturated carbocycles. The number of hydrogen-bond donors (Lipinski definition) is 2. The maximum absolute atomic E-state index is 11.1. The Morgan fingerprint density at radius 3 is 2.56 bits per heavy atom. The number of carboxylic acid groups (broad SMARTS) is 1. The normalized spacial score (nSPS) is 15.6. The minimum absolute atomic E-state index is 0.0977. The van der Waals surface area contributed by atoms with E-state index >= 15 is 0 Å². The average molecular weight is 251 g/mol. The largest absolute Gasteiger partial charge is 0.478 e. The van der Waals surface area contributed by atoms with Crippen LogP contribution in [0, 0.1) is 0 Å². The first-order chi connectivity index (χ1) is 8.58. The number of carbonyl (C=O) groups is 2. The summed E-state index contributed by atoms with van der Waals surface area (Å²) in [7, 11) is 0. The van der Waals surface area contributed by atoms with E-state index in [1.807, 2.05) is 0 Å². The van der Waals surface area contributed by atoms with Crippen molar-refractivity contribution in [3.8, 4) is 0 Å². The van der Waals surface area contributed by atoms with Crippen molar-refractivity contribution in [3.63, 3.8) is 0 Å². The summed E-state index contributed by atoms with van der Waals surface area (Å²) in [6, 6.07) is 4.43. The van der Waals surface area contributed by atoms with Gasteiger partial charge in [0.25, 0.3) is 0 Å². The second-order valence-electron chi connectivity index (χ2n) is 3.86. The van der Waals surface area contributed by atoms with E-state index in [4.69, 9.17) is 14.6 Å². The zero-order valence-corrected chi connectivity index (χ0v) is 9.80. The van der Waals surface area contributed by atoms with Crippen molar-refractivity contribution >= 4 is 17.6 Å². The minimum Gasteiger partial charge on any atom is -0.478 e. The molecule has 2 N–H and O–H groups in total. The first-order valence-corrected chi connectivity index (χ1v) is 5.46. The Morgan fingerprint density at radius 1 is 1.33 bits per heavy atom. The van der Waals surface area contributed by atoms with Gasteiger partial charge in [-0.3, -0.25) is 4.79 Å². The fraction of sp³-hybridized carbons (Fsp3) is 0.333. The fourth-order valence-corrected chi connectivity index (χ4v) is 1.73. The van der Waals surface area contributed by atoms with E-state index in [-0.39, 0.29) is 11.5 Å². The van der Waals surface area contributed by atoms with Crippen molar-refractivity contribution in [2.75, 3.05) is 18.5 Å². The van der Waals surface area contributed by atoms with Crippen molar-refractivity contribution < 1.29 is 24.2 Å². The smallest absolute Gasteiger partial charge is 0.335 e. The van der Waals surface area contributed by atoms with Crippen LogP contribution in [0.5, 0.6) is 0 Å². The Kier molecular flexibility index (Phi) is 3.59. The van der Waals surface area contributed by atoms with Gasteiger partial charge >= 0.3 is 5.97 Å². The molecule has 0 aliphatic carbocycles. The van der Waals surface area contributed by atoms with Gasteiger partial charge in [0.15, 0.2) is 6.29 Å². The Hall–Kier alpha value is -1.92. The third kappa shape index (κ3) is 2.66. The number of amides is 1.